The zero-order chi connectivity index (χ0) is 21.9. The third-order valence-electron chi connectivity index (χ3n) is 5.60. The predicted octanol–water partition coefficient (Wildman–Crippen LogP) is 4.80. The van der Waals surface area contributed by atoms with Crippen molar-refractivity contribution in [2.24, 2.45) is 0 Å². The average molecular weight is 451 g/mol. The number of ether oxygens (including phenoxy) is 2. The number of nitrogens with one attached hydrogen (secondary N) is 1. The van der Waals surface area contributed by atoms with Crippen LogP contribution in [-0.2, 0) is 9.53 Å². The van der Waals surface area contributed by atoms with Crippen molar-refractivity contribution in [1.29, 1.82) is 0 Å². The molecule has 0 atom stereocenters. The largest absolute Gasteiger partial charge is 0.492 e. The number of anilines is 1. The quantitative estimate of drug-likeness (QED) is 0.546. The van der Waals surface area contributed by atoms with Gasteiger partial charge in [0.15, 0.2) is 0 Å². The number of amides is 1. The minimum atomic E-state index is -0.168. The number of nitrogens with zero attached hydrogens (tertiary/aromatic N) is 1. The monoisotopic (exact) mass is 450 g/mol. The molecule has 1 aromatic heterocycles. The maximum atomic E-state index is 12.4. The molecular weight excluding hydrogens is 428 g/mol. The second kappa shape index (κ2) is 9.20. The van der Waals surface area contributed by atoms with E-state index in [1.165, 1.54) is 0 Å². The van der Waals surface area contributed by atoms with Gasteiger partial charge in [0.25, 0.3) is 5.91 Å². The summed E-state index contributed by atoms with van der Waals surface area (Å²) in [5.74, 6) is 1.98. The Balaban J connectivity index is 1.24. The number of fused-ring (bicyclic) bond motifs is 1. The SMILES string of the molecule is O=C1Nc2ccc(Cl)cc2C1=Cc1ccc(-c2ccc(OCCN3CCOCC3)cc2)o1. The lowest BCUT2D eigenvalue weighted by Crippen LogP contribution is -2.38. The van der Waals surface area contributed by atoms with Crippen molar-refractivity contribution in [3.05, 3.63) is 70.9 Å². The smallest absolute Gasteiger partial charge is 0.256 e. The Kier molecular flexibility index (Phi) is 5.99. The second-order valence-electron chi connectivity index (χ2n) is 7.73. The molecule has 1 fully saturated rings. The van der Waals surface area contributed by atoms with Gasteiger partial charge in [-0.15, -0.1) is 0 Å². The number of morpholine rings is 1. The molecular formula is C25H23ClN2O4. The van der Waals surface area contributed by atoms with E-state index in [1.807, 2.05) is 36.4 Å². The first-order chi connectivity index (χ1) is 15.7. The minimum Gasteiger partial charge on any atom is -0.492 e. The third-order valence-corrected chi connectivity index (χ3v) is 5.83. The summed E-state index contributed by atoms with van der Waals surface area (Å²) in [5, 5.41) is 3.43. The van der Waals surface area contributed by atoms with E-state index < -0.39 is 0 Å². The first-order valence-electron chi connectivity index (χ1n) is 10.6. The van der Waals surface area contributed by atoms with Gasteiger partial charge in [0.1, 0.15) is 23.9 Å². The number of hydrogen-bond donors (Lipinski definition) is 1. The van der Waals surface area contributed by atoms with Crippen molar-refractivity contribution in [2.45, 2.75) is 0 Å². The van der Waals surface area contributed by atoms with Crippen LogP contribution in [0, 0.1) is 0 Å². The van der Waals surface area contributed by atoms with Gasteiger partial charge in [0, 0.05) is 41.5 Å². The van der Waals surface area contributed by atoms with E-state index in [9.17, 15) is 4.79 Å². The summed E-state index contributed by atoms with van der Waals surface area (Å²) >= 11 is 6.10. The lowest BCUT2D eigenvalue weighted by atomic mass is 10.1. The molecule has 0 saturated carbocycles. The summed E-state index contributed by atoms with van der Waals surface area (Å²) in [6.07, 6.45) is 1.74. The summed E-state index contributed by atoms with van der Waals surface area (Å²) in [4.78, 5) is 14.7. The molecule has 32 heavy (non-hydrogen) atoms. The molecule has 1 N–H and O–H groups in total. The fraction of sp³-hybridized carbons (Fsp3) is 0.240. The molecule has 0 spiro atoms. The number of carbonyl (C=O) groups excluding carboxylic acids is 1. The standard InChI is InChI=1S/C25H23ClN2O4/c26-18-3-7-23-21(15-18)22(25(29)27-23)16-20-6-8-24(32-20)17-1-4-19(5-2-17)31-14-11-28-9-12-30-13-10-28/h1-8,15-16H,9-14H2,(H,27,29). The van der Waals surface area contributed by atoms with E-state index in [0.717, 1.165) is 61.2 Å². The van der Waals surface area contributed by atoms with Crippen LogP contribution in [0.3, 0.4) is 0 Å². The van der Waals surface area contributed by atoms with Crippen LogP contribution in [0.2, 0.25) is 5.02 Å². The van der Waals surface area contributed by atoms with Gasteiger partial charge in [-0.25, -0.2) is 0 Å². The number of benzene rings is 2. The maximum absolute atomic E-state index is 12.4. The van der Waals surface area contributed by atoms with Crippen molar-refractivity contribution in [2.75, 3.05) is 44.8 Å². The summed E-state index contributed by atoms with van der Waals surface area (Å²) in [7, 11) is 0. The van der Waals surface area contributed by atoms with Crippen LogP contribution in [0.25, 0.3) is 23.0 Å². The zero-order valence-corrected chi connectivity index (χ0v) is 18.2. The summed E-state index contributed by atoms with van der Waals surface area (Å²) in [6.45, 7) is 5.04. The van der Waals surface area contributed by atoms with Crippen LogP contribution >= 0.6 is 11.6 Å². The van der Waals surface area contributed by atoms with E-state index in [2.05, 4.69) is 10.2 Å². The molecule has 0 aliphatic carbocycles. The van der Waals surface area contributed by atoms with Crippen molar-refractivity contribution in [1.82, 2.24) is 4.90 Å². The zero-order valence-electron chi connectivity index (χ0n) is 17.5. The highest BCUT2D eigenvalue weighted by Gasteiger charge is 2.24. The Morgan fingerprint density at radius 3 is 2.69 bits per heavy atom. The number of halogens is 1. The van der Waals surface area contributed by atoms with Crippen molar-refractivity contribution < 1.29 is 18.7 Å². The highest BCUT2D eigenvalue weighted by Crippen LogP contribution is 2.35. The van der Waals surface area contributed by atoms with Gasteiger partial charge >= 0.3 is 0 Å². The Labute approximate surface area is 191 Å². The molecule has 7 heteroatoms. The lowest BCUT2D eigenvalue weighted by Gasteiger charge is -2.26. The van der Waals surface area contributed by atoms with Crippen LogP contribution in [0.5, 0.6) is 5.75 Å². The maximum Gasteiger partial charge on any atom is 0.256 e. The first-order valence-corrected chi connectivity index (χ1v) is 11.0. The van der Waals surface area contributed by atoms with Gasteiger partial charge in [-0.3, -0.25) is 9.69 Å². The highest BCUT2D eigenvalue weighted by atomic mass is 35.5. The molecule has 1 amide bonds. The van der Waals surface area contributed by atoms with Gasteiger partial charge in [0.2, 0.25) is 0 Å². The highest BCUT2D eigenvalue weighted by molar-refractivity contribution is 6.36. The van der Waals surface area contributed by atoms with E-state index in [4.69, 9.17) is 25.5 Å². The molecule has 164 valence electrons. The van der Waals surface area contributed by atoms with E-state index in [1.54, 1.807) is 24.3 Å². The predicted molar refractivity (Wildman–Crippen MR) is 125 cm³/mol. The fourth-order valence-corrected chi connectivity index (χ4v) is 4.04. The van der Waals surface area contributed by atoms with Crippen LogP contribution in [0.4, 0.5) is 5.69 Å². The Hall–Kier alpha value is -3.06. The average Bonchev–Trinajstić information content (AvgIpc) is 3.40. The van der Waals surface area contributed by atoms with Gasteiger partial charge in [-0.05, 0) is 60.7 Å². The Morgan fingerprint density at radius 2 is 1.88 bits per heavy atom. The van der Waals surface area contributed by atoms with Gasteiger partial charge < -0.3 is 19.2 Å². The molecule has 3 heterocycles. The van der Waals surface area contributed by atoms with E-state index in [0.29, 0.717) is 23.0 Å². The molecule has 6 nitrogen and oxygen atoms in total. The molecule has 3 aromatic rings. The first kappa shape index (κ1) is 20.8. The third kappa shape index (κ3) is 4.58. The van der Waals surface area contributed by atoms with Crippen LogP contribution in [0.1, 0.15) is 11.3 Å². The molecule has 2 aromatic carbocycles. The van der Waals surface area contributed by atoms with Gasteiger partial charge in [0.05, 0.1) is 18.8 Å². The van der Waals surface area contributed by atoms with Crippen LogP contribution < -0.4 is 10.1 Å². The molecule has 5 rings (SSSR count). The molecule has 0 unspecified atom stereocenters. The Morgan fingerprint density at radius 1 is 1.06 bits per heavy atom. The number of carbonyl (C=O) groups is 1. The van der Waals surface area contributed by atoms with Crippen LogP contribution in [-0.4, -0.2) is 50.3 Å². The molecule has 0 bridgehead atoms. The summed E-state index contributed by atoms with van der Waals surface area (Å²) in [5.41, 5.74) is 3.00. The van der Waals surface area contributed by atoms with Gasteiger partial charge in [-0.1, -0.05) is 11.6 Å². The van der Waals surface area contributed by atoms with Crippen molar-refractivity contribution >= 4 is 34.8 Å². The van der Waals surface area contributed by atoms with Crippen LogP contribution in [0.15, 0.2) is 59.0 Å². The molecule has 0 radical (unpaired) electrons. The van der Waals surface area contributed by atoms with Crippen molar-refractivity contribution in [3.63, 3.8) is 0 Å². The number of hydrogen-bond acceptors (Lipinski definition) is 5. The summed E-state index contributed by atoms with van der Waals surface area (Å²) < 4.78 is 17.2. The lowest BCUT2D eigenvalue weighted by molar-refractivity contribution is -0.110. The molecule has 2 aliphatic rings. The van der Waals surface area contributed by atoms with E-state index >= 15 is 0 Å². The fourth-order valence-electron chi connectivity index (χ4n) is 3.86. The summed E-state index contributed by atoms with van der Waals surface area (Å²) in [6, 6.07) is 16.9. The normalized spacial score (nSPS) is 17.4. The topological polar surface area (TPSA) is 63.9 Å². The van der Waals surface area contributed by atoms with Crippen molar-refractivity contribution in [3.8, 4) is 17.1 Å². The number of rotatable bonds is 6. The second-order valence-corrected chi connectivity index (χ2v) is 8.17. The molecule has 1 saturated heterocycles. The number of furan rings is 1. The minimum absolute atomic E-state index is 0.168. The molecule has 2 aliphatic heterocycles. The Bertz CT molecular complexity index is 1150. The van der Waals surface area contributed by atoms with E-state index in [-0.39, 0.29) is 5.91 Å². The van der Waals surface area contributed by atoms with Gasteiger partial charge in [-0.2, -0.15) is 0 Å².